The van der Waals surface area contributed by atoms with Gasteiger partial charge in [0.25, 0.3) is 0 Å². The highest BCUT2D eigenvalue weighted by Gasteiger charge is 2.07. The molecule has 0 saturated heterocycles. The van der Waals surface area contributed by atoms with Crippen LogP contribution in [0.5, 0.6) is 0 Å². The summed E-state index contributed by atoms with van der Waals surface area (Å²) < 4.78 is 1.56. The molecular formula is C7H10ClN5O. The lowest BCUT2D eigenvalue weighted by Crippen LogP contribution is -2.13. The van der Waals surface area contributed by atoms with Crippen molar-refractivity contribution in [1.82, 2.24) is 15.0 Å². The van der Waals surface area contributed by atoms with Gasteiger partial charge in [0.2, 0.25) is 11.9 Å². The van der Waals surface area contributed by atoms with E-state index in [0.717, 1.165) is 0 Å². The number of anilines is 1. The first kappa shape index (κ1) is 10.5. The topological polar surface area (TPSA) is 85.3 Å². The summed E-state index contributed by atoms with van der Waals surface area (Å²) >= 11 is 5.75. The van der Waals surface area contributed by atoms with Crippen molar-refractivity contribution >= 4 is 29.7 Å². The number of aromatic nitrogens is 2. The fraction of sp³-hybridized carbons (Fsp3) is 0.286. The van der Waals surface area contributed by atoms with Crippen molar-refractivity contribution in [3.05, 3.63) is 10.8 Å². The highest BCUT2D eigenvalue weighted by molar-refractivity contribution is 6.31. The van der Waals surface area contributed by atoms with Crippen molar-refractivity contribution in [2.75, 3.05) is 5.73 Å². The van der Waals surface area contributed by atoms with Gasteiger partial charge in [-0.2, -0.15) is 5.10 Å². The van der Waals surface area contributed by atoms with E-state index in [4.69, 9.17) is 17.3 Å². The predicted molar refractivity (Wildman–Crippen MR) is 54.0 cm³/mol. The van der Waals surface area contributed by atoms with Crippen LogP contribution in [0.3, 0.4) is 0 Å². The Balaban J connectivity index is 2.86. The first-order valence-electron chi connectivity index (χ1n) is 3.79. The largest absolute Gasteiger partial charge is 0.369 e. The fourth-order valence-electron chi connectivity index (χ4n) is 0.819. The number of nitrogen functional groups attached to an aromatic ring is 1. The third kappa shape index (κ3) is 2.23. The number of carbonyl (C=O) groups excluding carboxylic acids is 1. The number of nitrogens with zero attached hydrogens (tertiary/aromatic N) is 3. The molecule has 1 rings (SSSR count). The molecule has 0 fully saturated rings. The Morgan fingerprint density at radius 2 is 2.43 bits per heavy atom. The average Bonchev–Trinajstić information content (AvgIpc) is 2.31. The van der Waals surface area contributed by atoms with E-state index >= 15 is 0 Å². The number of hydrogen-bond donors (Lipinski definition) is 2. The van der Waals surface area contributed by atoms with E-state index in [1.54, 1.807) is 11.6 Å². The Kier molecular flexibility index (Phi) is 3.08. The first-order valence-corrected chi connectivity index (χ1v) is 4.17. The Morgan fingerprint density at radius 1 is 1.79 bits per heavy atom. The molecule has 0 radical (unpaired) electrons. The van der Waals surface area contributed by atoms with Gasteiger partial charge < -0.3 is 10.3 Å². The van der Waals surface area contributed by atoms with Crippen molar-refractivity contribution in [2.45, 2.75) is 6.92 Å². The smallest absolute Gasteiger partial charge is 0.236 e. The molecule has 0 atom stereocenters. The zero-order valence-corrected chi connectivity index (χ0v) is 8.54. The lowest BCUT2D eigenvalue weighted by atomic mass is 10.5. The van der Waals surface area contributed by atoms with Crippen molar-refractivity contribution in [3.63, 3.8) is 0 Å². The Bertz CT molecular complexity index is 384. The van der Waals surface area contributed by atoms with Gasteiger partial charge in [-0.3, -0.25) is 4.79 Å². The molecule has 0 aliphatic carbocycles. The van der Waals surface area contributed by atoms with Crippen LogP contribution in [0.2, 0.25) is 5.15 Å². The van der Waals surface area contributed by atoms with Crippen LogP contribution in [0.4, 0.5) is 5.95 Å². The van der Waals surface area contributed by atoms with Crippen LogP contribution in [0, 0.1) is 0 Å². The summed E-state index contributed by atoms with van der Waals surface area (Å²) in [5.74, 6) is 0.0341. The standard InChI is InChI=1S/C7H10ClN5O/c1-4(14)12-10-3-5-6(8)11-7(9)13(5)2/h3H,1-2H3,(H2,9,11)(H,12,14)/b10-3+. The molecule has 1 aromatic rings. The molecular weight excluding hydrogens is 206 g/mol. The molecule has 0 aromatic carbocycles. The second kappa shape index (κ2) is 4.10. The first-order chi connectivity index (χ1) is 6.52. The Labute approximate surface area is 85.7 Å². The normalized spacial score (nSPS) is 10.8. The van der Waals surface area contributed by atoms with E-state index in [0.29, 0.717) is 11.6 Å². The monoisotopic (exact) mass is 215 g/mol. The predicted octanol–water partition coefficient (Wildman–Crippen LogP) is 0.126. The van der Waals surface area contributed by atoms with Gasteiger partial charge in [-0.05, 0) is 0 Å². The summed E-state index contributed by atoms with van der Waals surface area (Å²) in [4.78, 5) is 14.3. The van der Waals surface area contributed by atoms with Gasteiger partial charge in [-0.1, -0.05) is 11.6 Å². The highest BCUT2D eigenvalue weighted by atomic mass is 35.5. The van der Waals surface area contributed by atoms with Crippen LogP contribution in [0.1, 0.15) is 12.6 Å². The van der Waals surface area contributed by atoms with E-state index < -0.39 is 0 Å². The maximum absolute atomic E-state index is 10.5. The molecule has 0 aliphatic heterocycles. The number of hydrazone groups is 1. The van der Waals surface area contributed by atoms with Gasteiger partial charge in [0.1, 0.15) is 5.69 Å². The quantitative estimate of drug-likeness (QED) is 0.543. The maximum Gasteiger partial charge on any atom is 0.236 e. The van der Waals surface area contributed by atoms with Crippen LogP contribution in [0.25, 0.3) is 0 Å². The number of imidazole rings is 1. The van der Waals surface area contributed by atoms with Crippen LogP contribution in [-0.2, 0) is 11.8 Å². The van der Waals surface area contributed by atoms with E-state index in [1.165, 1.54) is 13.1 Å². The van der Waals surface area contributed by atoms with Crippen molar-refractivity contribution in [1.29, 1.82) is 0 Å². The molecule has 1 aromatic heterocycles. The Hall–Kier alpha value is -1.56. The second-order valence-electron chi connectivity index (χ2n) is 2.63. The molecule has 7 heteroatoms. The number of halogens is 1. The van der Waals surface area contributed by atoms with Gasteiger partial charge in [0.05, 0.1) is 6.21 Å². The minimum atomic E-state index is -0.257. The molecule has 0 aliphatic rings. The summed E-state index contributed by atoms with van der Waals surface area (Å²) in [5, 5.41) is 3.90. The SMILES string of the molecule is CC(=O)N/N=C/c1c(Cl)nc(N)n1C. The number of nitrogens with one attached hydrogen (secondary N) is 1. The zero-order valence-electron chi connectivity index (χ0n) is 7.78. The number of nitrogens with two attached hydrogens (primary N) is 1. The maximum atomic E-state index is 10.5. The molecule has 1 amide bonds. The van der Waals surface area contributed by atoms with Crippen LogP contribution >= 0.6 is 11.6 Å². The van der Waals surface area contributed by atoms with Crippen LogP contribution in [0.15, 0.2) is 5.10 Å². The van der Waals surface area contributed by atoms with E-state index in [-0.39, 0.29) is 11.1 Å². The molecule has 0 spiro atoms. The van der Waals surface area contributed by atoms with Crippen molar-refractivity contribution in [2.24, 2.45) is 12.1 Å². The summed E-state index contributed by atoms with van der Waals surface area (Å²) in [7, 11) is 1.70. The van der Waals surface area contributed by atoms with Crippen molar-refractivity contribution in [3.8, 4) is 0 Å². The number of rotatable bonds is 2. The van der Waals surface area contributed by atoms with Gasteiger partial charge in [0.15, 0.2) is 5.15 Å². The van der Waals surface area contributed by atoms with E-state index in [2.05, 4.69) is 15.5 Å². The third-order valence-corrected chi connectivity index (χ3v) is 1.82. The van der Waals surface area contributed by atoms with Crippen molar-refractivity contribution < 1.29 is 4.79 Å². The van der Waals surface area contributed by atoms with Crippen LogP contribution in [-0.4, -0.2) is 21.7 Å². The highest BCUT2D eigenvalue weighted by Crippen LogP contribution is 2.14. The average molecular weight is 216 g/mol. The van der Waals surface area contributed by atoms with Gasteiger partial charge in [-0.15, -0.1) is 0 Å². The van der Waals surface area contributed by atoms with Gasteiger partial charge in [-0.25, -0.2) is 10.4 Å². The minimum Gasteiger partial charge on any atom is -0.369 e. The molecule has 6 nitrogen and oxygen atoms in total. The number of amides is 1. The second-order valence-corrected chi connectivity index (χ2v) is 2.99. The number of carbonyl (C=O) groups is 1. The zero-order chi connectivity index (χ0) is 10.7. The fourth-order valence-corrected chi connectivity index (χ4v) is 1.08. The van der Waals surface area contributed by atoms with Crippen LogP contribution < -0.4 is 11.2 Å². The molecule has 0 bridgehead atoms. The van der Waals surface area contributed by atoms with Gasteiger partial charge in [0, 0.05) is 14.0 Å². The summed E-state index contributed by atoms with van der Waals surface area (Å²) in [6.45, 7) is 1.36. The molecule has 1 heterocycles. The molecule has 0 unspecified atom stereocenters. The minimum absolute atomic E-state index is 0.249. The lowest BCUT2D eigenvalue weighted by Gasteiger charge is -1.96. The summed E-state index contributed by atoms with van der Waals surface area (Å²) in [6, 6.07) is 0. The Morgan fingerprint density at radius 3 is 2.86 bits per heavy atom. The summed E-state index contributed by atoms with van der Waals surface area (Å²) in [5.41, 5.74) is 8.28. The molecule has 14 heavy (non-hydrogen) atoms. The molecule has 0 saturated carbocycles. The molecule has 76 valence electrons. The van der Waals surface area contributed by atoms with E-state index in [9.17, 15) is 4.79 Å². The summed E-state index contributed by atoms with van der Waals surface area (Å²) in [6.07, 6.45) is 1.38. The molecule has 3 N–H and O–H groups in total. The van der Waals surface area contributed by atoms with E-state index in [1.807, 2.05) is 0 Å². The third-order valence-electron chi connectivity index (χ3n) is 1.54. The number of hydrogen-bond acceptors (Lipinski definition) is 4. The lowest BCUT2D eigenvalue weighted by molar-refractivity contribution is -0.118. The van der Waals surface area contributed by atoms with Gasteiger partial charge >= 0.3 is 0 Å².